The van der Waals surface area contributed by atoms with Gasteiger partial charge in [0.2, 0.25) is 0 Å². The Hall–Kier alpha value is -2.51. The van der Waals surface area contributed by atoms with E-state index in [1.807, 2.05) is 48.2 Å². The van der Waals surface area contributed by atoms with E-state index < -0.39 is 0 Å². The molecule has 3 aromatic rings. The summed E-state index contributed by atoms with van der Waals surface area (Å²) in [6.07, 6.45) is 0. The third-order valence-corrected chi connectivity index (χ3v) is 6.70. The Morgan fingerprint density at radius 1 is 1.17 bits per heavy atom. The molecule has 2 amide bonds. The summed E-state index contributed by atoms with van der Waals surface area (Å²) in [5.41, 5.74) is 3.14. The van der Waals surface area contributed by atoms with Crippen LogP contribution in [-0.4, -0.2) is 49.2 Å². The maximum atomic E-state index is 12.5. The minimum atomic E-state index is -0.0383. The number of rotatable bonds is 4. The van der Waals surface area contributed by atoms with Crippen LogP contribution in [0.5, 0.6) is 5.75 Å². The molecule has 1 N–H and O–H groups in total. The lowest BCUT2D eigenvalue weighted by atomic mass is 10.2. The Labute approximate surface area is 179 Å². The predicted octanol–water partition coefficient (Wildman–Crippen LogP) is 4.30. The van der Waals surface area contributed by atoms with Crippen LogP contribution in [0.15, 0.2) is 36.4 Å². The molecule has 1 saturated heterocycles. The predicted molar refractivity (Wildman–Crippen MR) is 118 cm³/mol. The molecule has 4 rings (SSSR count). The second-order valence-corrected chi connectivity index (χ2v) is 8.40. The van der Waals surface area contributed by atoms with Gasteiger partial charge in [-0.25, -0.2) is 9.78 Å². The molecule has 1 fully saturated rings. The average Bonchev–Trinajstić information content (AvgIpc) is 3.22. The van der Waals surface area contributed by atoms with Gasteiger partial charge in [-0.15, -0.1) is 0 Å². The molecule has 6 nitrogen and oxygen atoms in total. The Kier molecular flexibility index (Phi) is 5.78. The first-order valence-electron chi connectivity index (χ1n) is 9.51. The van der Waals surface area contributed by atoms with E-state index in [4.69, 9.17) is 21.3 Å². The molecule has 0 aliphatic carbocycles. The van der Waals surface area contributed by atoms with Crippen LogP contribution < -0.4 is 15.0 Å². The van der Waals surface area contributed by atoms with E-state index in [1.165, 1.54) is 0 Å². The third-order valence-electron chi connectivity index (χ3n) is 5.13. The van der Waals surface area contributed by atoms with Gasteiger partial charge in [-0.3, -0.25) is 0 Å². The molecule has 29 heavy (non-hydrogen) atoms. The van der Waals surface area contributed by atoms with E-state index in [0.717, 1.165) is 50.3 Å². The number of hydrogen-bond donors (Lipinski definition) is 1. The molecule has 1 aromatic heterocycles. The average molecular weight is 431 g/mol. The molecule has 0 radical (unpaired) electrons. The fourth-order valence-electron chi connectivity index (χ4n) is 3.36. The van der Waals surface area contributed by atoms with Gasteiger partial charge in [0.15, 0.2) is 5.13 Å². The van der Waals surface area contributed by atoms with Crippen molar-refractivity contribution < 1.29 is 9.53 Å². The number of anilines is 1. The Morgan fingerprint density at radius 3 is 2.55 bits per heavy atom. The van der Waals surface area contributed by atoms with Gasteiger partial charge >= 0.3 is 6.03 Å². The number of urea groups is 1. The van der Waals surface area contributed by atoms with E-state index in [9.17, 15) is 4.79 Å². The number of benzene rings is 2. The van der Waals surface area contributed by atoms with Crippen molar-refractivity contribution in [1.29, 1.82) is 0 Å². The molecule has 2 heterocycles. The van der Waals surface area contributed by atoms with Crippen LogP contribution in [0.1, 0.15) is 11.1 Å². The van der Waals surface area contributed by atoms with Crippen molar-refractivity contribution in [2.75, 3.05) is 38.2 Å². The van der Waals surface area contributed by atoms with Crippen LogP contribution in [-0.2, 0) is 6.54 Å². The fraction of sp³-hybridized carbons (Fsp3) is 0.333. The smallest absolute Gasteiger partial charge is 0.317 e. The zero-order valence-electron chi connectivity index (χ0n) is 16.4. The Bertz CT molecular complexity index is 974. The summed E-state index contributed by atoms with van der Waals surface area (Å²) in [5, 5.41) is 4.70. The topological polar surface area (TPSA) is 57.7 Å². The first kappa shape index (κ1) is 19.8. The number of hydrogen-bond acceptors (Lipinski definition) is 5. The second-order valence-electron chi connectivity index (χ2n) is 7.02. The van der Waals surface area contributed by atoms with E-state index in [0.29, 0.717) is 19.6 Å². The quantitative estimate of drug-likeness (QED) is 0.670. The van der Waals surface area contributed by atoms with Crippen molar-refractivity contribution in [3.8, 4) is 5.75 Å². The number of carbonyl (C=O) groups excluding carboxylic acids is 1. The summed E-state index contributed by atoms with van der Waals surface area (Å²) in [6, 6.07) is 11.6. The van der Waals surface area contributed by atoms with Crippen LogP contribution >= 0.6 is 22.9 Å². The lowest BCUT2D eigenvalue weighted by molar-refractivity contribution is 0.194. The van der Waals surface area contributed by atoms with Crippen molar-refractivity contribution in [2.45, 2.75) is 13.5 Å². The lowest BCUT2D eigenvalue weighted by Crippen LogP contribution is -2.51. The molecule has 8 heteroatoms. The highest BCUT2D eigenvalue weighted by Crippen LogP contribution is 2.35. The third kappa shape index (κ3) is 4.26. The number of halogens is 1. The zero-order chi connectivity index (χ0) is 20.4. The number of thiazole rings is 1. The summed E-state index contributed by atoms with van der Waals surface area (Å²) in [6.45, 7) is 5.39. The van der Waals surface area contributed by atoms with Gasteiger partial charge in [0.1, 0.15) is 5.75 Å². The number of carbonyl (C=O) groups is 1. The summed E-state index contributed by atoms with van der Waals surface area (Å²) in [7, 11) is 1.64. The minimum absolute atomic E-state index is 0.0383. The number of aromatic nitrogens is 1. The molecule has 0 saturated carbocycles. The molecule has 0 spiro atoms. The first-order valence-corrected chi connectivity index (χ1v) is 10.7. The zero-order valence-corrected chi connectivity index (χ0v) is 18.0. The van der Waals surface area contributed by atoms with E-state index in [2.05, 4.69) is 10.2 Å². The standard InChI is InChI=1S/C21H23ClN4O2S/c1-14-3-8-17(22)19-18(14)24-21(29-19)26-11-9-25(10-12-26)20(27)23-13-15-4-6-16(28-2)7-5-15/h3-8H,9-13H2,1-2H3,(H,23,27). The Morgan fingerprint density at radius 2 is 1.90 bits per heavy atom. The second kappa shape index (κ2) is 8.47. The van der Waals surface area contributed by atoms with Crippen molar-refractivity contribution in [3.63, 3.8) is 0 Å². The number of nitrogens with zero attached hydrogens (tertiary/aromatic N) is 3. The number of methoxy groups -OCH3 is 1. The molecular formula is C21H23ClN4O2S. The van der Waals surface area contributed by atoms with Gasteiger partial charge in [0.05, 0.1) is 22.3 Å². The van der Waals surface area contributed by atoms with Gasteiger partial charge in [-0.05, 0) is 36.2 Å². The maximum Gasteiger partial charge on any atom is 0.317 e. The highest BCUT2D eigenvalue weighted by molar-refractivity contribution is 7.22. The molecular weight excluding hydrogens is 408 g/mol. The largest absolute Gasteiger partial charge is 0.497 e. The van der Waals surface area contributed by atoms with Gasteiger partial charge in [-0.1, -0.05) is 41.1 Å². The van der Waals surface area contributed by atoms with Crippen LogP contribution in [0.2, 0.25) is 5.02 Å². The van der Waals surface area contributed by atoms with E-state index >= 15 is 0 Å². The van der Waals surface area contributed by atoms with Crippen molar-refractivity contribution in [2.24, 2.45) is 0 Å². The molecule has 0 bridgehead atoms. The van der Waals surface area contributed by atoms with Crippen LogP contribution in [0.3, 0.4) is 0 Å². The van der Waals surface area contributed by atoms with Gasteiger partial charge in [0, 0.05) is 32.7 Å². The van der Waals surface area contributed by atoms with Crippen molar-refractivity contribution in [1.82, 2.24) is 15.2 Å². The SMILES string of the molecule is COc1ccc(CNC(=O)N2CCN(c3nc4c(C)ccc(Cl)c4s3)CC2)cc1. The first-order chi connectivity index (χ1) is 14.0. The highest BCUT2D eigenvalue weighted by Gasteiger charge is 2.23. The highest BCUT2D eigenvalue weighted by atomic mass is 35.5. The van der Waals surface area contributed by atoms with Crippen LogP contribution in [0.25, 0.3) is 10.2 Å². The van der Waals surface area contributed by atoms with E-state index in [1.54, 1.807) is 18.4 Å². The molecule has 2 aromatic carbocycles. The fourth-order valence-corrected chi connectivity index (χ4v) is 4.73. The van der Waals surface area contributed by atoms with E-state index in [-0.39, 0.29) is 6.03 Å². The summed E-state index contributed by atoms with van der Waals surface area (Å²) < 4.78 is 6.19. The lowest BCUT2D eigenvalue weighted by Gasteiger charge is -2.34. The van der Waals surface area contributed by atoms with Crippen LogP contribution in [0, 0.1) is 6.92 Å². The minimum Gasteiger partial charge on any atom is -0.497 e. The summed E-state index contributed by atoms with van der Waals surface area (Å²) in [5.74, 6) is 0.808. The van der Waals surface area contributed by atoms with Gasteiger partial charge < -0.3 is 19.9 Å². The summed E-state index contributed by atoms with van der Waals surface area (Å²) >= 11 is 7.95. The number of aryl methyl sites for hydroxylation is 1. The van der Waals surface area contributed by atoms with Crippen molar-refractivity contribution >= 4 is 44.3 Å². The normalized spacial score (nSPS) is 14.3. The monoisotopic (exact) mass is 430 g/mol. The number of nitrogens with one attached hydrogen (secondary N) is 1. The summed E-state index contributed by atoms with van der Waals surface area (Å²) in [4.78, 5) is 21.4. The van der Waals surface area contributed by atoms with Crippen molar-refractivity contribution in [3.05, 3.63) is 52.5 Å². The van der Waals surface area contributed by atoms with Gasteiger partial charge in [0.25, 0.3) is 0 Å². The number of fused-ring (bicyclic) bond motifs is 1. The molecule has 0 atom stereocenters. The molecule has 1 aliphatic heterocycles. The van der Waals surface area contributed by atoms with Gasteiger partial charge in [-0.2, -0.15) is 0 Å². The molecule has 0 unspecified atom stereocenters. The maximum absolute atomic E-state index is 12.5. The Balaban J connectivity index is 1.33. The number of ether oxygens (including phenoxy) is 1. The number of piperazine rings is 1. The molecule has 1 aliphatic rings. The molecule has 152 valence electrons. The number of amides is 2. The van der Waals surface area contributed by atoms with Crippen LogP contribution in [0.4, 0.5) is 9.93 Å².